The molecular weight excluding hydrogens is 272 g/mol. The first-order valence-electron chi connectivity index (χ1n) is 7.12. The van der Waals surface area contributed by atoms with Crippen LogP contribution in [-0.2, 0) is 11.2 Å². The summed E-state index contributed by atoms with van der Waals surface area (Å²) in [7, 11) is 0. The van der Waals surface area contributed by atoms with Crippen LogP contribution in [0.1, 0.15) is 19.4 Å². The van der Waals surface area contributed by atoms with Crippen molar-refractivity contribution in [3.05, 3.63) is 17.7 Å². The van der Waals surface area contributed by atoms with Gasteiger partial charge in [-0.1, -0.05) is 13.8 Å². The molecule has 0 unspecified atom stereocenters. The Morgan fingerprint density at radius 1 is 1.38 bits per heavy atom. The zero-order valence-corrected chi connectivity index (χ0v) is 12.5. The molecule has 1 aromatic carbocycles. The molecule has 0 fully saturated rings. The van der Waals surface area contributed by atoms with E-state index in [1.807, 2.05) is 19.9 Å². The number of nitrogens with one attached hydrogen (secondary N) is 1. The van der Waals surface area contributed by atoms with Crippen molar-refractivity contribution >= 4 is 5.91 Å². The summed E-state index contributed by atoms with van der Waals surface area (Å²) in [6.07, 6.45) is 0.652. The average molecular weight is 294 g/mol. The summed E-state index contributed by atoms with van der Waals surface area (Å²) in [5.41, 5.74) is 6.52. The van der Waals surface area contributed by atoms with Gasteiger partial charge in [0.2, 0.25) is 6.79 Å². The number of hydrogen-bond acceptors (Lipinski definition) is 5. The Labute approximate surface area is 124 Å². The third-order valence-corrected chi connectivity index (χ3v) is 3.04. The second-order valence-corrected chi connectivity index (χ2v) is 5.34. The lowest BCUT2D eigenvalue weighted by atomic mass is 10.1. The first kappa shape index (κ1) is 15.4. The molecule has 3 N–H and O–H groups in total. The fourth-order valence-electron chi connectivity index (χ4n) is 1.96. The zero-order chi connectivity index (χ0) is 15.2. The standard InChI is InChI=1S/C15H22N2O4/c1-10(2)7-17-15(18)8-19-12-6-14-13(20-9-21-14)5-11(12)3-4-16/h5-6,10H,3-4,7-9,16H2,1-2H3,(H,17,18). The molecule has 6 nitrogen and oxygen atoms in total. The lowest BCUT2D eigenvalue weighted by Crippen LogP contribution is -2.31. The highest BCUT2D eigenvalue weighted by atomic mass is 16.7. The van der Waals surface area contributed by atoms with Crippen LogP contribution in [0.2, 0.25) is 0 Å². The molecule has 1 heterocycles. The minimum Gasteiger partial charge on any atom is -0.483 e. The molecule has 0 radical (unpaired) electrons. The van der Waals surface area contributed by atoms with Crippen LogP contribution < -0.4 is 25.3 Å². The molecule has 0 aliphatic carbocycles. The van der Waals surface area contributed by atoms with Gasteiger partial charge >= 0.3 is 0 Å². The molecule has 2 rings (SSSR count). The smallest absolute Gasteiger partial charge is 0.257 e. The van der Waals surface area contributed by atoms with Crippen molar-refractivity contribution in [1.82, 2.24) is 5.32 Å². The Balaban J connectivity index is 2.00. The molecule has 0 spiro atoms. The predicted octanol–water partition coefficient (Wildman–Crippen LogP) is 1.07. The largest absolute Gasteiger partial charge is 0.483 e. The summed E-state index contributed by atoms with van der Waals surface area (Å²) in [4.78, 5) is 11.7. The van der Waals surface area contributed by atoms with Crippen LogP contribution in [0.4, 0.5) is 0 Å². The van der Waals surface area contributed by atoms with Crippen molar-refractivity contribution in [3.63, 3.8) is 0 Å². The van der Waals surface area contributed by atoms with Gasteiger partial charge in [-0.25, -0.2) is 0 Å². The summed E-state index contributed by atoms with van der Waals surface area (Å²) >= 11 is 0. The van der Waals surface area contributed by atoms with Crippen molar-refractivity contribution in [3.8, 4) is 17.2 Å². The number of hydrogen-bond donors (Lipinski definition) is 2. The number of amides is 1. The number of ether oxygens (including phenoxy) is 3. The first-order valence-corrected chi connectivity index (χ1v) is 7.12. The Morgan fingerprint density at radius 3 is 2.76 bits per heavy atom. The Morgan fingerprint density at radius 2 is 2.10 bits per heavy atom. The van der Waals surface area contributed by atoms with Gasteiger partial charge < -0.3 is 25.3 Å². The van der Waals surface area contributed by atoms with Crippen LogP contribution >= 0.6 is 0 Å². The second kappa shape index (κ2) is 7.17. The SMILES string of the molecule is CC(C)CNC(=O)COc1cc2c(cc1CCN)OCO2. The van der Waals surface area contributed by atoms with Crippen LogP contribution in [0.15, 0.2) is 12.1 Å². The predicted molar refractivity (Wildman–Crippen MR) is 78.7 cm³/mol. The van der Waals surface area contributed by atoms with E-state index in [0.29, 0.717) is 42.7 Å². The summed E-state index contributed by atoms with van der Waals surface area (Å²) in [5.74, 6) is 2.21. The maximum absolute atomic E-state index is 11.7. The summed E-state index contributed by atoms with van der Waals surface area (Å²) < 4.78 is 16.3. The number of fused-ring (bicyclic) bond motifs is 1. The van der Waals surface area contributed by atoms with Crippen LogP contribution in [-0.4, -0.2) is 32.4 Å². The van der Waals surface area contributed by atoms with Crippen LogP contribution in [0.25, 0.3) is 0 Å². The number of nitrogens with two attached hydrogens (primary N) is 1. The molecule has 0 aromatic heterocycles. The second-order valence-electron chi connectivity index (χ2n) is 5.34. The summed E-state index contributed by atoms with van der Waals surface area (Å²) in [6.45, 7) is 5.39. The first-order chi connectivity index (χ1) is 10.1. The molecule has 0 bridgehead atoms. The fraction of sp³-hybridized carbons (Fsp3) is 0.533. The molecule has 0 atom stereocenters. The van der Waals surface area contributed by atoms with E-state index in [9.17, 15) is 4.79 Å². The van der Waals surface area contributed by atoms with E-state index in [2.05, 4.69) is 5.32 Å². The van der Waals surface area contributed by atoms with Crippen LogP contribution in [0.5, 0.6) is 17.2 Å². The Kier molecular flexibility index (Phi) is 5.27. The normalized spacial score (nSPS) is 12.6. The lowest BCUT2D eigenvalue weighted by Gasteiger charge is -2.13. The molecule has 116 valence electrons. The average Bonchev–Trinajstić information content (AvgIpc) is 2.90. The minimum absolute atomic E-state index is 0.0239. The van der Waals surface area contributed by atoms with Gasteiger partial charge in [0.05, 0.1) is 0 Å². The quantitative estimate of drug-likeness (QED) is 0.786. The van der Waals surface area contributed by atoms with Gasteiger partial charge in [-0.2, -0.15) is 0 Å². The maximum Gasteiger partial charge on any atom is 0.257 e. The van der Waals surface area contributed by atoms with E-state index < -0.39 is 0 Å². The van der Waals surface area contributed by atoms with E-state index in [4.69, 9.17) is 19.9 Å². The Hall–Kier alpha value is -1.95. The van der Waals surface area contributed by atoms with Crippen molar-refractivity contribution in [2.75, 3.05) is 26.5 Å². The molecule has 1 amide bonds. The molecule has 1 aliphatic heterocycles. The van der Waals surface area contributed by atoms with Gasteiger partial charge in [0.1, 0.15) is 5.75 Å². The van der Waals surface area contributed by atoms with Gasteiger partial charge in [-0.05, 0) is 30.5 Å². The molecule has 1 aromatic rings. The third kappa shape index (κ3) is 4.26. The number of benzene rings is 1. The van der Waals surface area contributed by atoms with E-state index in [1.54, 1.807) is 6.07 Å². The van der Waals surface area contributed by atoms with E-state index in [0.717, 1.165) is 5.56 Å². The van der Waals surface area contributed by atoms with E-state index in [1.165, 1.54) is 0 Å². The fourth-order valence-corrected chi connectivity index (χ4v) is 1.96. The lowest BCUT2D eigenvalue weighted by molar-refractivity contribution is -0.123. The van der Waals surface area contributed by atoms with Gasteiger partial charge in [-0.3, -0.25) is 4.79 Å². The van der Waals surface area contributed by atoms with Crippen molar-refractivity contribution in [2.24, 2.45) is 11.7 Å². The highest BCUT2D eigenvalue weighted by molar-refractivity contribution is 5.77. The van der Waals surface area contributed by atoms with Gasteiger partial charge in [0, 0.05) is 12.6 Å². The summed E-state index contributed by atoms with van der Waals surface area (Å²) in [6, 6.07) is 3.61. The topological polar surface area (TPSA) is 82.8 Å². The number of carbonyl (C=O) groups is 1. The van der Waals surface area contributed by atoms with Crippen molar-refractivity contribution in [2.45, 2.75) is 20.3 Å². The number of rotatable bonds is 7. The van der Waals surface area contributed by atoms with Crippen LogP contribution in [0, 0.1) is 5.92 Å². The highest BCUT2D eigenvalue weighted by Gasteiger charge is 2.18. The summed E-state index contributed by atoms with van der Waals surface area (Å²) in [5, 5.41) is 2.81. The molecular formula is C15H22N2O4. The van der Waals surface area contributed by atoms with E-state index in [-0.39, 0.29) is 19.3 Å². The van der Waals surface area contributed by atoms with Crippen molar-refractivity contribution in [1.29, 1.82) is 0 Å². The van der Waals surface area contributed by atoms with E-state index >= 15 is 0 Å². The van der Waals surface area contributed by atoms with Crippen LogP contribution in [0.3, 0.4) is 0 Å². The van der Waals surface area contributed by atoms with Crippen molar-refractivity contribution < 1.29 is 19.0 Å². The maximum atomic E-state index is 11.7. The van der Waals surface area contributed by atoms with Gasteiger partial charge in [-0.15, -0.1) is 0 Å². The third-order valence-electron chi connectivity index (χ3n) is 3.04. The highest BCUT2D eigenvalue weighted by Crippen LogP contribution is 2.38. The molecule has 21 heavy (non-hydrogen) atoms. The number of carbonyl (C=O) groups excluding carboxylic acids is 1. The van der Waals surface area contributed by atoms with Gasteiger partial charge in [0.15, 0.2) is 18.1 Å². The molecule has 1 aliphatic rings. The molecule has 0 saturated carbocycles. The minimum atomic E-state index is -0.139. The van der Waals surface area contributed by atoms with Gasteiger partial charge in [0.25, 0.3) is 5.91 Å². The molecule has 0 saturated heterocycles. The zero-order valence-electron chi connectivity index (χ0n) is 12.5. The Bertz CT molecular complexity index is 503. The monoisotopic (exact) mass is 294 g/mol. The molecule has 6 heteroatoms.